The molecule has 0 saturated carbocycles. The van der Waals surface area contributed by atoms with Gasteiger partial charge < -0.3 is 10.2 Å². The Morgan fingerprint density at radius 1 is 1.04 bits per heavy atom. The number of anilines is 1. The number of hydroxylamine groups is 2. The van der Waals surface area contributed by atoms with Crippen LogP contribution in [0.25, 0.3) is 0 Å². The van der Waals surface area contributed by atoms with Gasteiger partial charge in [0, 0.05) is 12.6 Å². The number of nitrogens with zero attached hydrogens (tertiary/aromatic N) is 1. The van der Waals surface area contributed by atoms with Crippen LogP contribution in [0.5, 0.6) is 0 Å². The summed E-state index contributed by atoms with van der Waals surface area (Å²) in [5.41, 5.74) is -0.128. The van der Waals surface area contributed by atoms with Crippen molar-refractivity contribution < 1.29 is 28.4 Å². The number of hydrogen-bond acceptors (Lipinski definition) is 5. The van der Waals surface area contributed by atoms with E-state index in [-0.39, 0.29) is 16.8 Å². The Labute approximate surface area is 140 Å². The van der Waals surface area contributed by atoms with Crippen LogP contribution in [0.2, 0.25) is 0 Å². The quantitative estimate of drug-likeness (QED) is 0.863. The SMILES string of the molecule is CC(=O)Nc1ccc(C(=O)ON2C(=O)c3ccccc3C2=O)c(F)c1. The number of halogens is 1. The maximum atomic E-state index is 14.0. The Bertz CT molecular complexity index is 890. The van der Waals surface area contributed by atoms with E-state index in [1.54, 1.807) is 12.1 Å². The van der Waals surface area contributed by atoms with Crippen molar-refractivity contribution in [1.82, 2.24) is 5.06 Å². The zero-order valence-corrected chi connectivity index (χ0v) is 12.9. The summed E-state index contributed by atoms with van der Waals surface area (Å²) in [5, 5.41) is 2.66. The summed E-state index contributed by atoms with van der Waals surface area (Å²) < 4.78 is 14.0. The molecule has 25 heavy (non-hydrogen) atoms. The van der Waals surface area contributed by atoms with Crippen molar-refractivity contribution in [1.29, 1.82) is 0 Å². The van der Waals surface area contributed by atoms with Crippen molar-refractivity contribution in [2.24, 2.45) is 0 Å². The highest BCUT2D eigenvalue weighted by molar-refractivity contribution is 6.21. The number of rotatable bonds is 3. The third kappa shape index (κ3) is 2.97. The van der Waals surface area contributed by atoms with Crippen molar-refractivity contribution in [3.63, 3.8) is 0 Å². The Hall–Kier alpha value is -3.55. The van der Waals surface area contributed by atoms with Crippen molar-refractivity contribution in [2.45, 2.75) is 6.92 Å². The standard InChI is InChI=1S/C17H11FN2O5/c1-9(21)19-10-6-7-13(14(18)8-10)17(24)25-20-15(22)11-4-2-3-5-12(11)16(20)23/h2-8H,1H3,(H,19,21). The molecular weight excluding hydrogens is 331 g/mol. The summed E-state index contributed by atoms with van der Waals surface area (Å²) >= 11 is 0. The van der Waals surface area contributed by atoms with E-state index in [0.717, 1.165) is 12.1 Å². The lowest BCUT2D eigenvalue weighted by atomic mass is 10.1. The van der Waals surface area contributed by atoms with Crippen LogP contribution in [0.15, 0.2) is 42.5 Å². The second-order valence-corrected chi connectivity index (χ2v) is 5.20. The van der Waals surface area contributed by atoms with Crippen LogP contribution in [-0.4, -0.2) is 28.8 Å². The van der Waals surface area contributed by atoms with Crippen molar-refractivity contribution >= 4 is 29.4 Å². The molecule has 0 radical (unpaired) electrons. The van der Waals surface area contributed by atoms with Gasteiger partial charge in [0.1, 0.15) is 5.82 Å². The van der Waals surface area contributed by atoms with Gasteiger partial charge in [-0.1, -0.05) is 17.2 Å². The molecular formula is C17H11FN2O5. The van der Waals surface area contributed by atoms with Gasteiger partial charge >= 0.3 is 5.97 Å². The number of hydrogen-bond donors (Lipinski definition) is 1. The molecule has 1 N–H and O–H groups in total. The first-order chi connectivity index (χ1) is 11.9. The first kappa shape index (κ1) is 16.3. The van der Waals surface area contributed by atoms with Gasteiger partial charge in [0.05, 0.1) is 16.7 Å². The van der Waals surface area contributed by atoms with Gasteiger partial charge in [0.15, 0.2) is 0 Å². The van der Waals surface area contributed by atoms with Gasteiger partial charge in [-0.15, -0.1) is 0 Å². The average Bonchev–Trinajstić information content (AvgIpc) is 2.80. The molecule has 0 unspecified atom stereocenters. The van der Waals surface area contributed by atoms with E-state index in [4.69, 9.17) is 4.84 Å². The molecule has 126 valence electrons. The lowest BCUT2D eigenvalue weighted by molar-refractivity contribution is -0.114. The molecule has 7 nitrogen and oxygen atoms in total. The molecule has 3 amide bonds. The number of carbonyl (C=O) groups excluding carboxylic acids is 4. The summed E-state index contributed by atoms with van der Waals surface area (Å²) in [6, 6.07) is 9.29. The first-order valence-corrected chi connectivity index (χ1v) is 7.15. The lowest BCUT2D eigenvalue weighted by Crippen LogP contribution is -2.33. The van der Waals surface area contributed by atoms with Gasteiger partial charge in [-0.2, -0.15) is 0 Å². The average molecular weight is 342 g/mol. The molecule has 1 aliphatic rings. The van der Waals surface area contributed by atoms with E-state index < -0.39 is 35.1 Å². The van der Waals surface area contributed by atoms with Gasteiger partial charge in [0.2, 0.25) is 5.91 Å². The largest absolute Gasteiger partial charge is 0.366 e. The summed E-state index contributed by atoms with van der Waals surface area (Å²) in [7, 11) is 0. The molecule has 0 fully saturated rings. The molecule has 0 aromatic heterocycles. The number of amides is 3. The second kappa shape index (κ2) is 6.16. The van der Waals surface area contributed by atoms with E-state index in [0.29, 0.717) is 5.06 Å². The van der Waals surface area contributed by atoms with Crippen LogP contribution >= 0.6 is 0 Å². The molecule has 2 aromatic rings. The van der Waals surface area contributed by atoms with Crippen molar-refractivity contribution in [3.8, 4) is 0 Å². The zero-order chi connectivity index (χ0) is 18.1. The minimum Gasteiger partial charge on any atom is -0.326 e. The van der Waals surface area contributed by atoms with E-state index in [2.05, 4.69) is 5.32 Å². The van der Waals surface area contributed by atoms with Crippen molar-refractivity contribution in [2.75, 3.05) is 5.32 Å². The third-order valence-electron chi connectivity index (χ3n) is 3.44. The van der Waals surface area contributed by atoms with E-state index in [9.17, 15) is 23.6 Å². The fraction of sp³-hybridized carbons (Fsp3) is 0.0588. The molecule has 1 aliphatic heterocycles. The summed E-state index contributed by atoms with van der Waals surface area (Å²) in [6.45, 7) is 1.25. The fourth-order valence-electron chi connectivity index (χ4n) is 2.34. The molecule has 0 atom stereocenters. The normalized spacial score (nSPS) is 12.8. The summed E-state index contributed by atoms with van der Waals surface area (Å²) in [6.07, 6.45) is 0. The predicted octanol–water partition coefficient (Wildman–Crippen LogP) is 2.15. The summed E-state index contributed by atoms with van der Waals surface area (Å²) in [4.78, 5) is 52.1. The van der Waals surface area contributed by atoms with Crippen LogP contribution in [-0.2, 0) is 9.63 Å². The minimum absolute atomic E-state index is 0.0989. The molecule has 3 rings (SSSR count). The first-order valence-electron chi connectivity index (χ1n) is 7.15. The lowest BCUT2D eigenvalue weighted by Gasteiger charge is -2.13. The Morgan fingerprint density at radius 3 is 2.16 bits per heavy atom. The van der Waals surface area contributed by atoms with E-state index in [1.807, 2.05) is 0 Å². The number of carbonyl (C=O) groups is 4. The Morgan fingerprint density at radius 2 is 1.64 bits per heavy atom. The number of imide groups is 1. The fourth-order valence-corrected chi connectivity index (χ4v) is 2.34. The molecule has 0 saturated heterocycles. The Balaban J connectivity index is 1.81. The maximum absolute atomic E-state index is 14.0. The smallest absolute Gasteiger partial charge is 0.326 e. The molecule has 1 heterocycles. The van der Waals surface area contributed by atoms with Gasteiger partial charge in [-0.25, -0.2) is 9.18 Å². The number of benzene rings is 2. The van der Waals surface area contributed by atoms with Crippen molar-refractivity contribution in [3.05, 3.63) is 65.0 Å². The number of fused-ring (bicyclic) bond motifs is 1. The van der Waals surface area contributed by atoms with Gasteiger partial charge in [-0.3, -0.25) is 14.4 Å². The second-order valence-electron chi connectivity index (χ2n) is 5.20. The molecule has 8 heteroatoms. The molecule has 0 bridgehead atoms. The highest BCUT2D eigenvalue weighted by atomic mass is 19.1. The highest BCUT2D eigenvalue weighted by Gasteiger charge is 2.39. The van der Waals surface area contributed by atoms with Crippen LogP contribution in [0.3, 0.4) is 0 Å². The van der Waals surface area contributed by atoms with E-state index in [1.165, 1.54) is 25.1 Å². The summed E-state index contributed by atoms with van der Waals surface area (Å²) in [5.74, 6) is -4.18. The van der Waals surface area contributed by atoms with Gasteiger partial charge in [0.25, 0.3) is 11.8 Å². The topological polar surface area (TPSA) is 92.8 Å². The van der Waals surface area contributed by atoms with Crippen LogP contribution in [0.4, 0.5) is 10.1 Å². The predicted molar refractivity (Wildman–Crippen MR) is 83.1 cm³/mol. The Kier molecular flexibility index (Phi) is 4.02. The van der Waals surface area contributed by atoms with Crippen LogP contribution < -0.4 is 5.32 Å². The zero-order valence-electron chi connectivity index (χ0n) is 12.9. The molecule has 2 aromatic carbocycles. The maximum Gasteiger partial charge on any atom is 0.366 e. The monoisotopic (exact) mass is 342 g/mol. The molecule has 0 spiro atoms. The van der Waals surface area contributed by atoms with Gasteiger partial charge in [-0.05, 0) is 30.3 Å². The van der Waals surface area contributed by atoms with Crippen LogP contribution in [0.1, 0.15) is 38.0 Å². The minimum atomic E-state index is -1.21. The number of nitrogens with one attached hydrogen (secondary N) is 1. The van der Waals surface area contributed by atoms with Crippen LogP contribution in [0, 0.1) is 5.82 Å². The molecule has 0 aliphatic carbocycles. The third-order valence-corrected chi connectivity index (χ3v) is 3.44. The highest BCUT2D eigenvalue weighted by Crippen LogP contribution is 2.24. The van der Waals surface area contributed by atoms with E-state index >= 15 is 0 Å².